The van der Waals surface area contributed by atoms with E-state index < -0.39 is 0 Å². The van der Waals surface area contributed by atoms with Gasteiger partial charge in [-0.05, 0) is 170 Å². The largest absolute Gasteiger partial charge is 0.309 e. The van der Waals surface area contributed by atoms with Gasteiger partial charge in [-0.3, -0.25) is 0 Å². The van der Waals surface area contributed by atoms with Crippen molar-refractivity contribution in [2.45, 2.75) is 77.6 Å². The lowest BCUT2D eigenvalue weighted by atomic mass is 9.73. The van der Waals surface area contributed by atoms with Crippen LogP contribution in [0.1, 0.15) is 76.3 Å². The van der Waals surface area contributed by atoms with Gasteiger partial charge in [-0.1, -0.05) is 218 Å². The summed E-state index contributed by atoms with van der Waals surface area (Å²) < 4.78 is 10.1. The minimum atomic E-state index is -0.360. The Kier molecular flexibility index (Phi) is 11.4. The van der Waals surface area contributed by atoms with Gasteiger partial charge in [0, 0.05) is 65.8 Å². The predicted molar refractivity (Wildman–Crippen MR) is 373 cm³/mol. The van der Waals surface area contributed by atoms with Crippen molar-refractivity contribution in [3.8, 4) is 45.0 Å². The normalized spacial score (nSPS) is 14.2. The van der Waals surface area contributed by atoms with E-state index in [1.807, 2.05) is 0 Å². The Hall–Kier alpha value is -10.2. The lowest BCUT2D eigenvalue weighted by Crippen LogP contribution is -2.22. The Bertz CT molecular complexity index is 5490. The summed E-state index contributed by atoms with van der Waals surface area (Å²) >= 11 is 0. The van der Waals surface area contributed by atoms with Gasteiger partial charge in [0.15, 0.2) is 0 Å². The zero-order valence-corrected chi connectivity index (χ0v) is 51.0. The van der Waals surface area contributed by atoms with Crippen molar-refractivity contribution in [3.63, 3.8) is 0 Å². The van der Waals surface area contributed by atoms with Crippen LogP contribution in [0, 0.1) is 0 Å². The Morgan fingerprint density at radius 1 is 0.284 bits per heavy atom. The fourth-order valence-electron chi connectivity index (χ4n) is 16.2. The molecule has 0 spiro atoms. The van der Waals surface area contributed by atoms with Crippen molar-refractivity contribution < 1.29 is 0 Å². The van der Waals surface area contributed by atoms with Crippen molar-refractivity contribution in [1.29, 1.82) is 0 Å². The van der Waals surface area contributed by atoms with Crippen LogP contribution in [0.2, 0.25) is 0 Å². The molecule has 8 heterocycles. The molecule has 0 amide bonds. The van der Waals surface area contributed by atoms with Crippen molar-refractivity contribution in [3.05, 3.63) is 289 Å². The Labute approximate surface area is 513 Å². The Morgan fingerprint density at radius 2 is 0.648 bits per heavy atom. The highest BCUT2D eigenvalue weighted by Gasteiger charge is 2.34. The van der Waals surface area contributed by atoms with Crippen molar-refractivity contribution >= 4 is 87.2 Å². The smallest absolute Gasteiger partial charge is 0.0565 e. The van der Waals surface area contributed by atoms with Gasteiger partial charge in [-0.25, -0.2) is 0 Å². The highest BCUT2D eigenvalue weighted by molar-refractivity contribution is 6.23. The van der Waals surface area contributed by atoms with E-state index >= 15 is 0 Å². The van der Waals surface area contributed by atoms with Crippen LogP contribution in [0.3, 0.4) is 0 Å². The summed E-state index contributed by atoms with van der Waals surface area (Å²) in [5.41, 5.74) is 25.0. The van der Waals surface area contributed by atoms with Crippen LogP contribution < -0.4 is 0 Å². The number of nitrogens with zero attached hydrogens (tertiary/aromatic N) is 4. The molecule has 4 heteroatoms. The molecule has 4 aliphatic rings. The molecular weight excluding hydrogens is 1060 g/mol. The van der Waals surface area contributed by atoms with Gasteiger partial charge in [0.2, 0.25) is 0 Å². The van der Waals surface area contributed by atoms with Gasteiger partial charge in [-0.15, -0.1) is 0 Å². The molecule has 0 aliphatic carbocycles. The summed E-state index contributed by atoms with van der Waals surface area (Å²) in [6.45, 7) is 17.1. The first kappa shape index (κ1) is 52.2. The molecule has 0 saturated heterocycles. The quantitative estimate of drug-likeness (QED) is 0.168. The highest BCUT2D eigenvalue weighted by atomic mass is 15.0. The highest BCUT2D eigenvalue weighted by Crippen LogP contribution is 2.51. The standard InChI is InChI=1S/C84H68N4/c1-82(2,3)81-77-64-30-18-21-33-68(64)86-59-40-35-53(36-41-59)51-83(4,5)79-61(55-23-11-8-12-24-55)45-47-71-76(79)66-44-39-56(49-72(66)88(71)58-27-15-10-16-28-58)62-46-48-70-75(63-29-17-20-32-67(63)85(70)57-25-13-9-14-26-57)80(62)84(6,7)52-54-37-42-60(43-38-54)87-69-34-22-19-31-65(69)78(81)74(87)50-73(77)86/h8-50H,51-52H2,1-7H3. The molecule has 4 aliphatic heterocycles. The molecule has 20 rings (SSSR count). The van der Waals surface area contributed by atoms with E-state index in [4.69, 9.17) is 0 Å². The number of aromatic nitrogens is 4. The van der Waals surface area contributed by atoms with E-state index in [9.17, 15) is 0 Å². The van der Waals surface area contributed by atoms with E-state index in [1.54, 1.807) is 0 Å². The van der Waals surface area contributed by atoms with Crippen LogP contribution in [0.25, 0.3) is 132 Å². The number of hydrogen-bond donors (Lipinski definition) is 0. The number of benzene rings is 12. The average Bonchev–Trinajstić information content (AvgIpc) is 1.58. The van der Waals surface area contributed by atoms with Crippen molar-refractivity contribution in [1.82, 2.24) is 18.3 Å². The summed E-state index contributed by atoms with van der Waals surface area (Å²) in [5, 5.41) is 10.3. The van der Waals surface area contributed by atoms with Gasteiger partial charge in [0.05, 0.1) is 44.1 Å². The second-order valence-electron chi connectivity index (χ2n) is 27.2. The van der Waals surface area contributed by atoms with Gasteiger partial charge >= 0.3 is 0 Å². The van der Waals surface area contributed by atoms with Crippen LogP contribution in [-0.2, 0) is 29.1 Å². The first-order valence-electron chi connectivity index (χ1n) is 31.3. The third-order valence-corrected chi connectivity index (χ3v) is 19.6. The average molecular weight is 1130 g/mol. The van der Waals surface area contributed by atoms with Gasteiger partial charge in [-0.2, -0.15) is 0 Å². The molecule has 88 heavy (non-hydrogen) atoms. The lowest BCUT2D eigenvalue weighted by Gasteiger charge is -2.30. The Balaban J connectivity index is 0.993. The molecule has 12 aromatic carbocycles. The summed E-state index contributed by atoms with van der Waals surface area (Å²) in [6.07, 6.45) is 1.65. The molecular formula is C84H68N4. The first-order chi connectivity index (χ1) is 42.8. The second-order valence-corrected chi connectivity index (χ2v) is 27.2. The van der Waals surface area contributed by atoms with Crippen LogP contribution in [0.15, 0.2) is 261 Å². The lowest BCUT2D eigenvalue weighted by molar-refractivity contribution is 0.528. The third-order valence-electron chi connectivity index (χ3n) is 19.6. The summed E-state index contributed by atoms with van der Waals surface area (Å²) in [6, 6.07) is 98.9. The van der Waals surface area contributed by atoms with E-state index in [0.29, 0.717) is 0 Å². The summed E-state index contributed by atoms with van der Waals surface area (Å²) in [5.74, 6) is 0. The summed E-state index contributed by atoms with van der Waals surface area (Å²) in [7, 11) is 0. The molecule has 0 fully saturated rings. The molecule has 4 nitrogen and oxygen atoms in total. The Morgan fingerprint density at radius 3 is 1.10 bits per heavy atom. The van der Waals surface area contributed by atoms with Crippen LogP contribution >= 0.6 is 0 Å². The SMILES string of the molecule is CC(C)(C)c1c2c3ccccc3n3c2cc2c1c1ccccc1n2-c1ccc(cc1)CC(C)(C)c1c(-c2ccccc2)ccc2c1c1ccc(cc1n2-c1ccccc1)-c1ccc2c(c1C(C)(C)Cc1ccc-3cc1)c1ccccc1n2-c1ccccc1. The summed E-state index contributed by atoms with van der Waals surface area (Å²) in [4.78, 5) is 0. The molecule has 0 radical (unpaired) electrons. The monoisotopic (exact) mass is 1130 g/mol. The molecule has 0 atom stereocenters. The molecule has 424 valence electrons. The zero-order chi connectivity index (χ0) is 59.4. The maximum atomic E-state index is 2.54. The van der Waals surface area contributed by atoms with Crippen molar-refractivity contribution in [2.75, 3.05) is 0 Å². The van der Waals surface area contributed by atoms with Crippen molar-refractivity contribution in [2.24, 2.45) is 0 Å². The molecule has 4 aromatic heterocycles. The number of para-hydroxylation sites is 5. The van der Waals surface area contributed by atoms with E-state index in [2.05, 4.69) is 328 Å². The van der Waals surface area contributed by atoms with E-state index in [1.165, 1.54) is 137 Å². The van der Waals surface area contributed by atoms with Gasteiger partial charge in [0.1, 0.15) is 0 Å². The minimum absolute atomic E-state index is 0.195. The maximum Gasteiger partial charge on any atom is 0.0565 e. The molecule has 0 saturated carbocycles. The van der Waals surface area contributed by atoms with Gasteiger partial charge in [0.25, 0.3) is 0 Å². The van der Waals surface area contributed by atoms with E-state index in [0.717, 1.165) is 35.6 Å². The maximum absolute atomic E-state index is 2.54. The van der Waals surface area contributed by atoms with Crippen LogP contribution in [0.4, 0.5) is 0 Å². The van der Waals surface area contributed by atoms with Gasteiger partial charge < -0.3 is 18.3 Å². The topological polar surface area (TPSA) is 19.7 Å². The predicted octanol–water partition coefficient (Wildman–Crippen LogP) is 22.1. The van der Waals surface area contributed by atoms with Crippen LogP contribution in [0.5, 0.6) is 0 Å². The minimum Gasteiger partial charge on any atom is -0.309 e. The third kappa shape index (κ3) is 7.77. The zero-order valence-electron chi connectivity index (χ0n) is 51.0. The molecule has 0 N–H and O–H groups in total. The molecule has 10 bridgehead atoms. The molecule has 16 aromatic rings. The molecule has 0 unspecified atom stereocenters. The number of fused-ring (bicyclic) bond motifs is 9. The first-order valence-corrected chi connectivity index (χ1v) is 31.3. The van der Waals surface area contributed by atoms with Crippen LogP contribution in [-0.4, -0.2) is 18.3 Å². The number of hydrogen-bond acceptors (Lipinski definition) is 0. The fourth-order valence-corrected chi connectivity index (χ4v) is 16.2. The van der Waals surface area contributed by atoms with E-state index in [-0.39, 0.29) is 16.2 Å². The number of rotatable bonds is 3. The second kappa shape index (κ2) is 19.2. The fraction of sp³-hybridized carbons (Fsp3) is 0.143.